The number of nitriles is 1. The summed E-state index contributed by atoms with van der Waals surface area (Å²) in [5.74, 6) is 1.23. The van der Waals surface area contributed by atoms with Crippen LogP contribution >= 0.6 is 8.53 Å². The average molecular weight is 786 g/mol. The Labute approximate surface area is 330 Å². The van der Waals surface area contributed by atoms with Crippen molar-refractivity contribution in [3.8, 4) is 17.6 Å². The molecule has 0 radical (unpaired) electrons. The number of aryl methyl sites for hydroxylation is 1. The Bertz CT molecular complexity index is 1930. The number of nitrogens with zero attached hydrogens (tertiary/aromatic N) is 4. The van der Waals surface area contributed by atoms with Crippen molar-refractivity contribution in [1.82, 2.24) is 14.2 Å². The van der Waals surface area contributed by atoms with Gasteiger partial charge in [-0.15, -0.1) is 0 Å². The first kappa shape index (κ1) is 42.5. The zero-order valence-electron chi connectivity index (χ0n) is 33.3. The number of methoxy groups -OCH3 is 2. The van der Waals surface area contributed by atoms with Crippen LogP contribution in [0.3, 0.4) is 0 Å². The lowest BCUT2D eigenvalue weighted by Crippen LogP contribution is -2.48. The third kappa shape index (κ3) is 9.82. The maximum absolute atomic E-state index is 13.7. The summed E-state index contributed by atoms with van der Waals surface area (Å²) < 4.78 is 41.9. The summed E-state index contributed by atoms with van der Waals surface area (Å²) in [5, 5.41) is 12.0. The van der Waals surface area contributed by atoms with Gasteiger partial charge < -0.3 is 33.3 Å². The van der Waals surface area contributed by atoms with Crippen molar-refractivity contribution in [2.45, 2.75) is 90.5 Å². The van der Waals surface area contributed by atoms with Crippen LogP contribution in [0.2, 0.25) is 0 Å². The van der Waals surface area contributed by atoms with Gasteiger partial charge in [0.15, 0.2) is 6.23 Å². The fourth-order valence-electron chi connectivity index (χ4n) is 6.92. The fourth-order valence-corrected chi connectivity index (χ4v) is 8.65. The van der Waals surface area contributed by atoms with Gasteiger partial charge in [-0.2, -0.15) is 10.2 Å². The number of carbonyl (C=O) groups is 1. The molecule has 14 heteroatoms. The number of nitrogens with one attached hydrogen (secondary N) is 1. The van der Waals surface area contributed by atoms with E-state index < -0.39 is 38.3 Å². The van der Waals surface area contributed by atoms with Gasteiger partial charge in [0.05, 0.1) is 46.0 Å². The Morgan fingerprint density at radius 2 is 1.55 bits per heavy atom. The molecule has 2 heterocycles. The Kier molecular flexibility index (Phi) is 14.8. The van der Waals surface area contributed by atoms with Crippen molar-refractivity contribution < 1.29 is 32.8 Å². The molecule has 4 atom stereocenters. The summed E-state index contributed by atoms with van der Waals surface area (Å²) in [6.07, 6.45) is -0.209. The van der Waals surface area contributed by atoms with E-state index in [0.717, 1.165) is 16.7 Å². The molecule has 1 aliphatic heterocycles. The highest BCUT2D eigenvalue weighted by Crippen LogP contribution is 2.51. The van der Waals surface area contributed by atoms with Gasteiger partial charge in [0, 0.05) is 37.2 Å². The number of amides is 1. The van der Waals surface area contributed by atoms with E-state index in [0.29, 0.717) is 17.1 Å². The second-order valence-electron chi connectivity index (χ2n) is 14.0. The molecular weight excluding hydrogens is 733 g/mol. The fraction of sp³-hybridized carbons (Fsp3) is 0.429. The molecule has 1 N–H and O–H groups in total. The number of hydrogen-bond acceptors (Lipinski definition) is 11. The van der Waals surface area contributed by atoms with Crippen molar-refractivity contribution in [2.24, 2.45) is 0 Å². The number of aromatic nitrogens is 2. The molecule has 298 valence electrons. The molecule has 0 bridgehead atoms. The van der Waals surface area contributed by atoms with Gasteiger partial charge >= 0.3 is 5.69 Å². The van der Waals surface area contributed by atoms with Crippen molar-refractivity contribution in [2.75, 3.05) is 32.8 Å². The average Bonchev–Trinajstić information content (AvgIpc) is 3.18. The largest absolute Gasteiger partial charge is 0.497 e. The number of rotatable bonds is 17. The summed E-state index contributed by atoms with van der Waals surface area (Å²) in [6, 6.07) is 27.8. The molecule has 0 aliphatic carbocycles. The molecule has 56 heavy (non-hydrogen) atoms. The van der Waals surface area contributed by atoms with Crippen LogP contribution in [-0.2, 0) is 28.9 Å². The minimum atomic E-state index is -1.76. The Morgan fingerprint density at radius 3 is 2.07 bits per heavy atom. The van der Waals surface area contributed by atoms with E-state index in [2.05, 4.69) is 48.7 Å². The van der Waals surface area contributed by atoms with E-state index in [9.17, 15) is 14.9 Å². The summed E-state index contributed by atoms with van der Waals surface area (Å²) in [6.45, 7) is 11.6. The summed E-state index contributed by atoms with van der Waals surface area (Å²) in [7, 11) is 1.50. The number of benzene rings is 3. The first-order valence-corrected chi connectivity index (χ1v) is 19.8. The van der Waals surface area contributed by atoms with Gasteiger partial charge in [0.25, 0.3) is 8.53 Å². The normalized spacial score (nSPS) is 17.8. The summed E-state index contributed by atoms with van der Waals surface area (Å²) >= 11 is 0. The minimum Gasteiger partial charge on any atom is -0.497 e. The monoisotopic (exact) mass is 785 g/mol. The minimum absolute atomic E-state index is 0.0256. The van der Waals surface area contributed by atoms with Crippen LogP contribution in [0.25, 0.3) is 0 Å². The van der Waals surface area contributed by atoms with Crippen molar-refractivity contribution in [3.63, 3.8) is 0 Å². The molecule has 4 aromatic rings. The molecule has 0 spiro atoms. The molecule has 1 unspecified atom stereocenters. The van der Waals surface area contributed by atoms with Crippen LogP contribution in [-0.4, -0.2) is 71.9 Å². The lowest BCUT2D eigenvalue weighted by molar-refractivity contribution is -0.185. The number of ether oxygens (including phenoxy) is 4. The zero-order valence-corrected chi connectivity index (χ0v) is 34.2. The molecule has 1 amide bonds. The van der Waals surface area contributed by atoms with Crippen LogP contribution in [0.1, 0.15) is 75.9 Å². The van der Waals surface area contributed by atoms with Gasteiger partial charge in [-0.1, -0.05) is 54.6 Å². The zero-order chi connectivity index (χ0) is 40.4. The van der Waals surface area contributed by atoms with E-state index in [-0.39, 0.29) is 49.9 Å². The topological polar surface area (TPSA) is 146 Å². The summed E-state index contributed by atoms with van der Waals surface area (Å²) in [4.78, 5) is 29.7. The maximum Gasteiger partial charge on any atom is 0.351 e. The lowest BCUT2D eigenvalue weighted by Gasteiger charge is -2.44. The molecule has 1 fully saturated rings. The molecule has 1 aromatic heterocycles. The van der Waals surface area contributed by atoms with Gasteiger partial charge in [0.2, 0.25) is 5.91 Å². The second-order valence-corrected chi connectivity index (χ2v) is 15.4. The first-order chi connectivity index (χ1) is 26.9. The van der Waals surface area contributed by atoms with E-state index in [1.807, 2.05) is 78.9 Å². The quantitative estimate of drug-likeness (QED) is 0.0646. The van der Waals surface area contributed by atoms with Crippen LogP contribution in [0.5, 0.6) is 11.5 Å². The molecule has 5 rings (SSSR count). The molecular formula is C42H52N5O8P. The Morgan fingerprint density at radius 1 is 0.982 bits per heavy atom. The van der Waals surface area contributed by atoms with Gasteiger partial charge in [-0.25, -0.2) is 9.46 Å². The molecule has 1 aliphatic rings. The highest BCUT2D eigenvalue weighted by molar-refractivity contribution is 7.44. The SMILES string of the molecule is COc1ccc(C(O[C@@H]2CO[C@@H](n3cc(C)c(NC(C)=O)nc3=O)[C@H](OP(OCCC#N)N(C(C)C)C(C)C)C2)(c2ccccc2)c2ccc(OC)cc2)cc1. The molecule has 3 aromatic carbocycles. The number of anilines is 1. The van der Waals surface area contributed by atoms with Crippen LogP contribution in [0, 0.1) is 18.3 Å². The molecule has 1 saturated heterocycles. The highest BCUT2D eigenvalue weighted by Gasteiger charge is 2.45. The van der Waals surface area contributed by atoms with Crippen LogP contribution in [0.15, 0.2) is 89.9 Å². The second kappa shape index (κ2) is 19.5. The Balaban J connectivity index is 1.64. The maximum atomic E-state index is 13.7. The van der Waals surface area contributed by atoms with Crippen molar-refractivity contribution >= 4 is 20.3 Å². The van der Waals surface area contributed by atoms with Gasteiger partial charge in [-0.05, 0) is 75.6 Å². The van der Waals surface area contributed by atoms with Crippen molar-refractivity contribution in [3.05, 3.63) is 118 Å². The number of carbonyl (C=O) groups excluding carboxylic acids is 1. The van der Waals surface area contributed by atoms with Gasteiger partial charge in [0.1, 0.15) is 29.0 Å². The predicted molar refractivity (Wildman–Crippen MR) is 214 cm³/mol. The van der Waals surface area contributed by atoms with E-state index in [4.69, 9.17) is 28.0 Å². The predicted octanol–water partition coefficient (Wildman–Crippen LogP) is 7.48. The van der Waals surface area contributed by atoms with Crippen molar-refractivity contribution in [1.29, 1.82) is 5.26 Å². The van der Waals surface area contributed by atoms with Gasteiger partial charge in [-0.3, -0.25) is 9.36 Å². The third-order valence-corrected chi connectivity index (χ3v) is 11.5. The smallest absolute Gasteiger partial charge is 0.351 e. The number of hydrogen-bond donors (Lipinski definition) is 1. The van der Waals surface area contributed by atoms with E-state index in [1.165, 1.54) is 11.5 Å². The van der Waals surface area contributed by atoms with Crippen LogP contribution in [0.4, 0.5) is 5.82 Å². The standard InChI is InChI=1S/C42H52N5O8P/c1-28(2)47(29(3)4)56(53-24-12-23-43)55-38-25-37(27-52-40(38)46-26-30(5)39(44-31(6)48)45-41(46)49)54-42(32-13-10-9-11-14-32,33-15-19-35(50-7)20-16-33)34-17-21-36(51-8)22-18-34/h9-11,13-22,26,28-29,37-38,40H,12,24-25,27H2,1-8H3,(H,44,45,48,49)/t37-,38+,40+,56?/m0/s1. The molecule has 13 nitrogen and oxygen atoms in total. The summed E-state index contributed by atoms with van der Waals surface area (Å²) in [5.41, 5.74) is 1.40. The highest BCUT2D eigenvalue weighted by atomic mass is 31.2. The first-order valence-electron chi connectivity index (χ1n) is 18.7. The van der Waals surface area contributed by atoms with Crippen LogP contribution < -0.4 is 20.5 Å². The lowest BCUT2D eigenvalue weighted by atomic mass is 9.79. The van der Waals surface area contributed by atoms with E-state index in [1.54, 1.807) is 27.3 Å². The van der Waals surface area contributed by atoms with E-state index >= 15 is 0 Å². The third-order valence-electron chi connectivity index (χ3n) is 9.37. The molecule has 0 saturated carbocycles. The Hall–Kier alpha value is -4.67.